The summed E-state index contributed by atoms with van der Waals surface area (Å²) in [6.45, 7) is 3.74. The Hall–Kier alpha value is -2.77. The highest BCUT2D eigenvalue weighted by Crippen LogP contribution is 2.29. The van der Waals surface area contributed by atoms with E-state index >= 15 is 0 Å². The van der Waals surface area contributed by atoms with E-state index in [0.29, 0.717) is 17.3 Å². The summed E-state index contributed by atoms with van der Waals surface area (Å²) >= 11 is 0. The van der Waals surface area contributed by atoms with Crippen LogP contribution in [-0.2, 0) is 7.05 Å². The smallest absolute Gasteiger partial charge is 0.315 e. The molecule has 0 bridgehead atoms. The summed E-state index contributed by atoms with van der Waals surface area (Å²) in [5.74, 6) is 2.03. The first-order chi connectivity index (χ1) is 11.5. The van der Waals surface area contributed by atoms with Crippen molar-refractivity contribution in [1.29, 1.82) is 0 Å². The topological polar surface area (TPSA) is 90.3 Å². The van der Waals surface area contributed by atoms with Crippen LogP contribution in [0.5, 0.6) is 11.5 Å². The molecule has 0 spiro atoms. The molecule has 8 heteroatoms. The first kappa shape index (κ1) is 17.6. The van der Waals surface area contributed by atoms with E-state index in [2.05, 4.69) is 20.8 Å². The minimum absolute atomic E-state index is 0.238. The Kier molecular flexibility index (Phi) is 5.62. The van der Waals surface area contributed by atoms with E-state index in [4.69, 9.17) is 9.47 Å². The molecular formula is C16H23N5O3. The van der Waals surface area contributed by atoms with Crippen molar-refractivity contribution in [2.75, 3.05) is 14.2 Å². The van der Waals surface area contributed by atoms with Gasteiger partial charge in [0.2, 0.25) is 0 Å². The van der Waals surface area contributed by atoms with Gasteiger partial charge in [-0.3, -0.25) is 0 Å². The van der Waals surface area contributed by atoms with Gasteiger partial charge in [0.25, 0.3) is 0 Å². The molecular weight excluding hydrogens is 310 g/mol. The molecule has 2 N–H and O–H groups in total. The van der Waals surface area contributed by atoms with Crippen LogP contribution >= 0.6 is 0 Å². The number of aryl methyl sites for hydroxylation is 1. The Balaban J connectivity index is 2.02. The van der Waals surface area contributed by atoms with Gasteiger partial charge in [-0.2, -0.15) is 0 Å². The molecule has 2 amide bonds. The highest BCUT2D eigenvalue weighted by atomic mass is 16.5. The summed E-state index contributed by atoms with van der Waals surface area (Å²) < 4.78 is 12.3. The maximum atomic E-state index is 12.2. The molecule has 1 aromatic heterocycles. The van der Waals surface area contributed by atoms with Gasteiger partial charge < -0.3 is 24.7 Å². The quantitative estimate of drug-likeness (QED) is 0.843. The first-order valence-corrected chi connectivity index (χ1v) is 7.59. The second-order valence-electron chi connectivity index (χ2n) is 5.47. The van der Waals surface area contributed by atoms with Gasteiger partial charge in [0, 0.05) is 18.7 Å². The minimum atomic E-state index is -0.295. The third kappa shape index (κ3) is 3.95. The van der Waals surface area contributed by atoms with Crippen molar-refractivity contribution in [2.45, 2.75) is 25.9 Å². The van der Waals surface area contributed by atoms with Gasteiger partial charge in [-0.1, -0.05) is 0 Å². The van der Waals surface area contributed by atoms with Gasteiger partial charge >= 0.3 is 6.03 Å². The van der Waals surface area contributed by atoms with E-state index in [1.807, 2.05) is 33.0 Å². The summed E-state index contributed by atoms with van der Waals surface area (Å²) in [7, 11) is 5.01. The zero-order chi connectivity index (χ0) is 17.7. The molecule has 130 valence electrons. The van der Waals surface area contributed by atoms with E-state index in [-0.39, 0.29) is 18.1 Å². The minimum Gasteiger partial charge on any atom is -0.497 e. The molecule has 8 nitrogen and oxygen atoms in total. The molecule has 0 saturated carbocycles. The molecule has 0 saturated heterocycles. The number of carbonyl (C=O) groups excluding carboxylic acids is 1. The Morgan fingerprint density at radius 3 is 2.46 bits per heavy atom. The van der Waals surface area contributed by atoms with Crippen LogP contribution < -0.4 is 20.1 Å². The predicted molar refractivity (Wildman–Crippen MR) is 89.0 cm³/mol. The van der Waals surface area contributed by atoms with E-state index in [1.54, 1.807) is 31.2 Å². The number of amides is 2. The molecule has 0 radical (unpaired) electrons. The number of nitrogens with one attached hydrogen (secondary N) is 2. The number of hydrogen-bond donors (Lipinski definition) is 2. The maximum Gasteiger partial charge on any atom is 0.315 e. The Bertz CT molecular complexity index is 701. The molecule has 0 aliphatic carbocycles. The Morgan fingerprint density at radius 2 is 1.88 bits per heavy atom. The van der Waals surface area contributed by atoms with Gasteiger partial charge in [-0.25, -0.2) is 4.79 Å². The summed E-state index contributed by atoms with van der Waals surface area (Å²) in [6, 6.07) is 4.69. The van der Waals surface area contributed by atoms with Crippen molar-refractivity contribution < 1.29 is 14.3 Å². The van der Waals surface area contributed by atoms with E-state index in [1.165, 1.54) is 0 Å². The fourth-order valence-corrected chi connectivity index (χ4v) is 2.44. The second-order valence-corrected chi connectivity index (χ2v) is 5.47. The zero-order valence-electron chi connectivity index (χ0n) is 14.5. The van der Waals surface area contributed by atoms with Crippen molar-refractivity contribution in [2.24, 2.45) is 7.05 Å². The number of urea groups is 1. The molecule has 24 heavy (non-hydrogen) atoms. The Labute approximate surface area is 141 Å². The first-order valence-electron chi connectivity index (χ1n) is 7.59. The zero-order valence-corrected chi connectivity index (χ0v) is 14.5. The normalized spacial score (nSPS) is 13.0. The SMILES string of the molecule is COc1ccc([C@H](C)NC(=O)N[C@@H](C)c2nncn2C)c(OC)c1. The number of carbonyl (C=O) groups is 1. The maximum absolute atomic E-state index is 12.2. The van der Waals surface area contributed by atoms with Crippen LogP contribution in [-0.4, -0.2) is 35.0 Å². The van der Waals surface area contributed by atoms with Crippen molar-refractivity contribution in [3.63, 3.8) is 0 Å². The van der Waals surface area contributed by atoms with E-state index in [0.717, 1.165) is 5.56 Å². The standard InChI is InChI=1S/C16H23N5O3/c1-10(13-7-6-12(23-4)8-14(13)24-5)18-16(22)19-11(2)15-20-17-9-21(15)3/h6-11H,1-5H3,(H2,18,19,22)/t10-,11-/m0/s1. The molecule has 0 unspecified atom stereocenters. The summed E-state index contributed by atoms with van der Waals surface area (Å²) in [5.41, 5.74) is 0.861. The lowest BCUT2D eigenvalue weighted by Gasteiger charge is -2.20. The van der Waals surface area contributed by atoms with Crippen LogP contribution in [0.25, 0.3) is 0 Å². The molecule has 2 rings (SSSR count). The lowest BCUT2D eigenvalue weighted by molar-refractivity contribution is 0.234. The van der Waals surface area contributed by atoms with Gasteiger partial charge in [-0.05, 0) is 26.0 Å². The van der Waals surface area contributed by atoms with Crippen LogP contribution in [0, 0.1) is 0 Å². The molecule has 0 aliphatic heterocycles. The van der Waals surface area contributed by atoms with Crippen molar-refractivity contribution in [3.05, 3.63) is 35.9 Å². The molecule has 2 atom stereocenters. The van der Waals surface area contributed by atoms with Gasteiger partial charge in [0.1, 0.15) is 17.8 Å². The number of benzene rings is 1. The van der Waals surface area contributed by atoms with E-state index in [9.17, 15) is 4.79 Å². The average molecular weight is 333 g/mol. The molecule has 1 aromatic carbocycles. The largest absolute Gasteiger partial charge is 0.497 e. The second kappa shape index (κ2) is 7.67. The number of rotatable bonds is 6. The van der Waals surface area contributed by atoms with Gasteiger partial charge in [0.05, 0.1) is 26.3 Å². The van der Waals surface area contributed by atoms with Crippen molar-refractivity contribution in [3.8, 4) is 11.5 Å². The van der Waals surface area contributed by atoms with Gasteiger partial charge in [-0.15, -0.1) is 10.2 Å². The molecule has 2 aromatic rings. The van der Waals surface area contributed by atoms with Crippen LogP contribution in [0.1, 0.15) is 37.3 Å². The molecule has 0 fully saturated rings. The molecule has 0 aliphatic rings. The van der Waals surface area contributed by atoms with Crippen LogP contribution in [0.4, 0.5) is 4.79 Å². The third-order valence-electron chi connectivity index (χ3n) is 3.74. The summed E-state index contributed by atoms with van der Waals surface area (Å²) in [6.07, 6.45) is 1.59. The lowest BCUT2D eigenvalue weighted by Crippen LogP contribution is -2.39. The number of ether oxygens (including phenoxy) is 2. The Morgan fingerprint density at radius 1 is 1.17 bits per heavy atom. The lowest BCUT2D eigenvalue weighted by atomic mass is 10.1. The summed E-state index contributed by atoms with van der Waals surface area (Å²) in [5, 5.41) is 13.5. The number of nitrogens with zero attached hydrogens (tertiary/aromatic N) is 3. The average Bonchev–Trinajstić information content (AvgIpc) is 3.00. The van der Waals surface area contributed by atoms with Gasteiger partial charge in [0.15, 0.2) is 5.82 Å². The summed E-state index contributed by atoms with van der Waals surface area (Å²) in [4.78, 5) is 12.2. The number of aromatic nitrogens is 3. The third-order valence-corrected chi connectivity index (χ3v) is 3.74. The van der Waals surface area contributed by atoms with Crippen LogP contribution in [0.2, 0.25) is 0 Å². The van der Waals surface area contributed by atoms with Crippen molar-refractivity contribution in [1.82, 2.24) is 25.4 Å². The number of hydrogen-bond acceptors (Lipinski definition) is 5. The van der Waals surface area contributed by atoms with Crippen LogP contribution in [0.3, 0.4) is 0 Å². The monoisotopic (exact) mass is 333 g/mol. The highest BCUT2D eigenvalue weighted by molar-refractivity contribution is 5.75. The van der Waals surface area contributed by atoms with Crippen LogP contribution in [0.15, 0.2) is 24.5 Å². The highest BCUT2D eigenvalue weighted by Gasteiger charge is 2.18. The predicted octanol–water partition coefficient (Wildman–Crippen LogP) is 1.95. The van der Waals surface area contributed by atoms with Crippen molar-refractivity contribution >= 4 is 6.03 Å². The fourth-order valence-electron chi connectivity index (χ4n) is 2.44. The molecule has 1 heterocycles. The van der Waals surface area contributed by atoms with E-state index < -0.39 is 0 Å². The number of methoxy groups -OCH3 is 2. The fraction of sp³-hybridized carbons (Fsp3) is 0.438.